The maximum Gasteiger partial charge on any atom is 0.209 e. The normalized spacial score (nSPS) is 22.0. The van der Waals surface area contributed by atoms with E-state index in [2.05, 4.69) is 4.98 Å². The fourth-order valence-corrected chi connectivity index (χ4v) is 3.80. The summed E-state index contributed by atoms with van der Waals surface area (Å²) in [5.41, 5.74) is 0. The topological polar surface area (TPSA) is 45.7 Å². The van der Waals surface area contributed by atoms with Crippen molar-refractivity contribution in [3.05, 3.63) is 23.9 Å². The van der Waals surface area contributed by atoms with E-state index >= 15 is 0 Å². The fraction of sp³-hybridized carbons (Fsp3) is 0.667. The maximum absolute atomic E-state index is 14.0. The van der Waals surface area contributed by atoms with Crippen LogP contribution in [0, 0.1) is 17.6 Å². The SMILES string of the molecule is O=CN(CCC1CCCN(c2ncc(F)cc2F)C1)C1CCOCC1. The molecule has 5 nitrogen and oxygen atoms in total. The lowest BCUT2D eigenvalue weighted by Crippen LogP contribution is -2.41. The van der Waals surface area contributed by atoms with Crippen LogP contribution in [0.1, 0.15) is 32.1 Å². The molecule has 3 rings (SSSR count). The Morgan fingerprint density at radius 3 is 2.84 bits per heavy atom. The molecule has 7 heteroatoms. The molecular formula is C18H25F2N3O2. The Labute approximate surface area is 147 Å². The molecule has 1 aromatic rings. The first-order valence-electron chi connectivity index (χ1n) is 9.02. The number of piperidine rings is 1. The molecular weight excluding hydrogens is 328 g/mol. The van der Waals surface area contributed by atoms with Gasteiger partial charge in [0.25, 0.3) is 0 Å². The van der Waals surface area contributed by atoms with Gasteiger partial charge in [0.1, 0.15) is 5.82 Å². The summed E-state index contributed by atoms with van der Waals surface area (Å²) in [6.07, 6.45) is 6.66. The Hall–Kier alpha value is -1.76. The van der Waals surface area contributed by atoms with Crippen LogP contribution < -0.4 is 4.90 Å². The van der Waals surface area contributed by atoms with Crippen LogP contribution in [0.4, 0.5) is 14.6 Å². The van der Waals surface area contributed by atoms with Crippen LogP contribution in [-0.4, -0.2) is 55.2 Å². The second kappa shape index (κ2) is 8.56. The van der Waals surface area contributed by atoms with Crippen molar-refractivity contribution in [3.63, 3.8) is 0 Å². The van der Waals surface area contributed by atoms with E-state index in [1.165, 1.54) is 0 Å². The number of rotatable bonds is 6. The molecule has 0 radical (unpaired) electrons. The predicted molar refractivity (Wildman–Crippen MR) is 90.3 cm³/mol. The first kappa shape index (κ1) is 18.0. The number of anilines is 1. The van der Waals surface area contributed by atoms with Crippen LogP contribution in [0.15, 0.2) is 12.3 Å². The maximum atomic E-state index is 14.0. The van der Waals surface area contributed by atoms with Gasteiger partial charge in [-0.3, -0.25) is 4.79 Å². The number of hydrogen-bond donors (Lipinski definition) is 0. The van der Waals surface area contributed by atoms with E-state index in [0.717, 1.165) is 57.3 Å². The lowest BCUT2D eigenvalue weighted by atomic mass is 9.94. The van der Waals surface area contributed by atoms with Gasteiger partial charge in [0.15, 0.2) is 11.6 Å². The van der Waals surface area contributed by atoms with Crippen LogP contribution >= 0.6 is 0 Å². The first-order chi connectivity index (χ1) is 12.2. The van der Waals surface area contributed by atoms with E-state index in [1.54, 1.807) is 0 Å². The van der Waals surface area contributed by atoms with Crippen molar-refractivity contribution in [3.8, 4) is 0 Å². The van der Waals surface area contributed by atoms with E-state index in [4.69, 9.17) is 4.74 Å². The third-order valence-corrected chi connectivity index (χ3v) is 5.20. The molecule has 0 saturated carbocycles. The smallest absolute Gasteiger partial charge is 0.209 e. The van der Waals surface area contributed by atoms with Gasteiger partial charge in [-0.05, 0) is 38.0 Å². The minimum absolute atomic E-state index is 0.225. The van der Waals surface area contributed by atoms with E-state index in [1.807, 2.05) is 9.80 Å². The number of hydrogen-bond acceptors (Lipinski definition) is 4. The summed E-state index contributed by atoms with van der Waals surface area (Å²) in [4.78, 5) is 19.1. The molecule has 2 aliphatic heterocycles. The average Bonchev–Trinajstić information content (AvgIpc) is 2.63. The van der Waals surface area contributed by atoms with Crippen LogP contribution in [-0.2, 0) is 9.53 Å². The Morgan fingerprint density at radius 2 is 2.12 bits per heavy atom. The molecule has 0 N–H and O–H groups in total. The van der Waals surface area contributed by atoms with E-state index in [-0.39, 0.29) is 11.9 Å². The summed E-state index contributed by atoms with van der Waals surface area (Å²) in [5, 5.41) is 0. The van der Waals surface area contributed by atoms with Gasteiger partial charge in [0, 0.05) is 45.0 Å². The molecule has 0 spiro atoms. The summed E-state index contributed by atoms with van der Waals surface area (Å²) in [5.74, 6) is -0.671. The molecule has 0 aliphatic carbocycles. The number of ether oxygens (including phenoxy) is 1. The van der Waals surface area contributed by atoms with Crippen molar-refractivity contribution in [2.45, 2.75) is 38.1 Å². The van der Waals surface area contributed by atoms with Gasteiger partial charge >= 0.3 is 0 Å². The number of carbonyl (C=O) groups is 1. The van der Waals surface area contributed by atoms with Gasteiger partial charge in [0.05, 0.1) is 6.20 Å². The second-order valence-electron chi connectivity index (χ2n) is 6.89. The van der Waals surface area contributed by atoms with Gasteiger partial charge in [-0.1, -0.05) is 0 Å². The van der Waals surface area contributed by atoms with Crippen LogP contribution in [0.25, 0.3) is 0 Å². The number of nitrogens with zero attached hydrogens (tertiary/aromatic N) is 3. The van der Waals surface area contributed by atoms with Crippen molar-refractivity contribution in [2.24, 2.45) is 5.92 Å². The van der Waals surface area contributed by atoms with E-state index in [9.17, 15) is 13.6 Å². The quantitative estimate of drug-likeness (QED) is 0.738. The van der Waals surface area contributed by atoms with Crippen molar-refractivity contribution >= 4 is 12.2 Å². The molecule has 0 bridgehead atoms. The highest BCUT2D eigenvalue weighted by Crippen LogP contribution is 2.26. The first-order valence-corrected chi connectivity index (χ1v) is 9.02. The third kappa shape index (κ3) is 4.66. The molecule has 3 heterocycles. The Bertz CT molecular complexity index is 581. The number of pyridine rings is 1. The van der Waals surface area contributed by atoms with Gasteiger partial charge < -0.3 is 14.5 Å². The highest BCUT2D eigenvalue weighted by molar-refractivity contribution is 5.47. The van der Waals surface area contributed by atoms with Gasteiger partial charge in [0.2, 0.25) is 6.41 Å². The Balaban J connectivity index is 1.55. The summed E-state index contributed by atoms with van der Waals surface area (Å²) < 4.78 is 32.4. The van der Waals surface area contributed by atoms with Crippen molar-refractivity contribution in [1.29, 1.82) is 0 Å². The molecule has 138 valence electrons. The van der Waals surface area contributed by atoms with Gasteiger partial charge in [-0.15, -0.1) is 0 Å². The second-order valence-corrected chi connectivity index (χ2v) is 6.89. The largest absolute Gasteiger partial charge is 0.381 e. The molecule has 1 atom stereocenters. The molecule has 1 amide bonds. The van der Waals surface area contributed by atoms with E-state index in [0.29, 0.717) is 32.2 Å². The monoisotopic (exact) mass is 353 g/mol. The minimum Gasteiger partial charge on any atom is -0.381 e. The lowest BCUT2D eigenvalue weighted by molar-refractivity contribution is -0.122. The standard InChI is InChI=1S/C18H25F2N3O2/c19-15-10-17(20)18(21-11-15)22-6-1-2-14(12-22)3-7-23(13-24)16-4-8-25-9-5-16/h10-11,13-14,16H,1-9,12H2. The van der Waals surface area contributed by atoms with Crippen LogP contribution in [0.2, 0.25) is 0 Å². The molecule has 1 aromatic heterocycles. The molecule has 2 aliphatic rings. The minimum atomic E-state index is -0.659. The molecule has 0 aromatic carbocycles. The van der Waals surface area contributed by atoms with Crippen molar-refractivity contribution < 1.29 is 18.3 Å². The zero-order valence-corrected chi connectivity index (χ0v) is 14.4. The molecule has 2 saturated heterocycles. The van der Waals surface area contributed by atoms with Gasteiger partial charge in [-0.2, -0.15) is 0 Å². The lowest BCUT2D eigenvalue weighted by Gasteiger charge is -2.36. The number of aromatic nitrogens is 1. The summed E-state index contributed by atoms with van der Waals surface area (Å²) in [6, 6.07) is 1.15. The zero-order valence-electron chi connectivity index (χ0n) is 14.4. The van der Waals surface area contributed by atoms with E-state index < -0.39 is 11.6 Å². The van der Waals surface area contributed by atoms with Crippen LogP contribution in [0.5, 0.6) is 0 Å². The average molecular weight is 353 g/mol. The van der Waals surface area contributed by atoms with Crippen molar-refractivity contribution in [1.82, 2.24) is 9.88 Å². The zero-order chi connectivity index (χ0) is 17.6. The number of carbonyl (C=O) groups excluding carboxylic acids is 1. The highest BCUT2D eigenvalue weighted by Gasteiger charge is 2.25. The molecule has 25 heavy (non-hydrogen) atoms. The fourth-order valence-electron chi connectivity index (χ4n) is 3.80. The van der Waals surface area contributed by atoms with Gasteiger partial charge in [-0.25, -0.2) is 13.8 Å². The summed E-state index contributed by atoms with van der Waals surface area (Å²) in [6.45, 7) is 3.55. The highest BCUT2D eigenvalue weighted by atomic mass is 19.1. The summed E-state index contributed by atoms with van der Waals surface area (Å²) >= 11 is 0. The molecule has 2 fully saturated rings. The number of amides is 1. The summed E-state index contributed by atoms with van der Waals surface area (Å²) in [7, 11) is 0. The predicted octanol–water partition coefficient (Wildman–Crippen LogP) is 2.60. The molecule has 1 unspecified atom stereocenters. The third-order valence-electron chi connectivity index (χ3n) is 5.20. The van der Waals surface area contributed by atoms with Crippen LogP contribution in [0.3, 0.4) is 0 Å². The number of halogens is 2. The Kier molecular flexibility index (Phi) is 6.18. The van der Waals surface area contributed by atoms with Crippen molar-refractivity contribution in [2.75, 3.05) is 37.7 Å². The Morgan fingerprint density at radius 1 is 1.32 bits per heavy atom.